The third-order valence-electron chi connectivity index (χ3n) is 4.92. The fourth-order valence-corrected chi connectivity index (χ4v) is 5.78. The van der Waals surface area contributed by atoms with Crippen molar-refractivity contribution in [3.05, 3.63) is 71.8 Å². The predicted octanol–water partition coefficient (Wildman–Crippen LogP) is 3.17. The molecular formula is C20H21FN4O2S2. The average molecular weight is 433 g/mol. The number of piperazine rings is 1. The number of benzene rings is 2. The summed E-state index contributed by atoms with van der Waals surface area (Å²) in [5.74, 6) is 0.418. The molecule has 0 spiro atoms. The van der Waals surface area contributed by atoms with Gasteiger partial charge in [0.2, 0.25) is 15.2 Å². The third-order valence-corrected chi connectivity index (χ3v) is 7.76. The molecule has 4 rings (SSSR count). The fraction of sp³-hybridized carbons (Fsp3) is 0.300. The van der Waals surface area contributed by atoms with Gasteiger partial charge in [-0.3, -0.25) is 0 Å². The van der Waals surface area contributed by atoms with Crippen molar-refractivity contribution in [3.8, 4) is 0 Å². The van der Waals surface area contributed by atoms with Crippen molar-refractivity contribution in [3.63, 3.8) is 0 Å². The van der Waals surface area contributed by atoms with Crippen molar-refractivity contribution in [1.82, 2.24) is 13.7 Å². The second kappa shape index (κ2) is 8.17. The Morgan fingerprint density at radius 3 is 2.52 bits per heavy atom. The topological polar surface area (TPSA) is 66.4 Å². The molecule has 0 radical (unpaired) electrons. The van der Waals surface area contributed by atoms with E-state index in [9.17, 15) is 12.8 Å². The first-order valence-electron chi connectivity index (χ1n) is 9.32. The maximum Gasteiger partial charge on any atom is 0.243 e. The highest BCUT2D eigenvalue weighted by Gasteiger charge is 2.34. The van der Waals surface area contributed by atoms with Crippen molar-refractivity contribution < 1.29 is 12.8 Å². The highest BCUT2D eigenvalue weighted by atomic mass is 32.2. The summed E-state index contributed by atoms with van der Waals surface area (Å²) in [4.78, 5) is 7.00. The molecular weight excluding hydrogens is 411 g/mol. The van der Waals surface area contributed by atoms with Crippen LogP contribution in [0.25, 0.3) is 0 Å². The predicted molar refractivity (Wildman–Crippen MR) is 111 cm³/mol. The van der Waals surface area contributed by atoms with Gasteiger partial charge in [0.15, 0.2) is 0 Å². The van der Waals surface area contributed by atoms with E-state index in [0.717, 1.165) is 10.7 Å². The summed E-state index contributed by atoms with van der Waals surface area (Å²) in [6.45, 7) is 3.41. The molecule has 1 aromatic heterocycles. The van der Waals surface area contributed by atoms with Gasteiger partial charge in [-0.1, -0.05) is 30.3 Å². The maximum absolute atomic E-state index is 13.1. The van der Waals surface area contributed by atoms with Gasteiger partial charge in [0.25, 0.3) is 0 Å². The molecule has 6 nitrogen and oxygen atoms in total. The van der Waals surface area contributed by atoms with Crippen LogP contribution in [-0.2, 0) is 16.4 Å². The Balaban J connectivity index is 1.44. The number of rotatable bonds is 5. The normalized spacial score (nSPS) is 18.1. The molecule has 2 heterocycles. The number of anilines is 1. The van der Waals surface area contributed by atoms with Gasteiger partial charge in [-0.25, -0.2) is 17.8 Å². The van der Waals surface area contributed by atoms with Crippen molar-refractivity contribution in [2.75, 3.05) is 24.5 Å². The molecule has 0 N–H and O–H groups in total. The van der Waals surface area contributed by atoms with E-state index >= 15 is 0 Å². The fourth-order valence-electron chi connectivity index (χ4n) is 3.43. The quantitative estimate of drug-likeness (QED) is 0.620. The van der Waals surface area contributed by atoms with Gasteiger partial charge in [0, 0.05) is 43.6 Å². The van der Waals surface area contributed by atoms with Crippen LogP contribution in [0, 0.1) is 5.82 Å². The summed E-state index contributed by atoms with van der Waals surface area (Å²) in [6.07, 6.45) is 0.536. The summed E-state index contributed by atoms with van der Waals surface area (Å²) in [5.41, 5.74) is 0.947. The Kier molecular flexibility index (Phi) is 5.62. The first-order valence-corrected chi connectivity index (χ1v) is 11.5. The van der Waals surface area contributed by atoms with Gasteiger partial charge < -0.3 is 4.90 Å². The minimum absolute atomic E-state index is 0.182. The molecule has 152 valence electrons. The molecule has 0 bridgehead atoms. The first-order chi connectivity index (χ1) is 13.9. The smallest absolute Gasteiger partial charge is 0.243 e. The summed E-state index contributed by atoms with van der Waals surface area (Å²) < 4.78 is 44.9. The number of hydrogen-bond acceptors (Lipinski definition) is 6. The van der Waals surface area contributed by atoms with E-state index in [0.29, 0.717) is 36.8 Å². The van der Waals surface area contributed by atoms with Crippen LogP contribution >= 0.6 is 11.5 Å². The van der Waals surface area contributed by atoms with Crippen LogP contribution < -0.4 is 4.90 Å². The Morgan fingerprint density at radius 2 is 1.83 bits per heavy atom. The molecule has 2 aromatic carbocycles. The van der Waals surface area contributed by atoms with E-state index in [2.05, 4.69) is 14.3 Å². The standard InChI is InChI=1S/C20H21FN4O2S2/c1-15-14-24(11-12-25(15)29(26,27)18-5-3-2-4-6-18)20-22-19(23-28-20)13-16-7-9-17(21)10-8-16/h2-10,15H,11-14H2,1H3. The molecule has 1 saturated heterocycles. The maximum atomic E-state index is 13.1. The Labute approximate surface area is 173 Å². The number of aromatic nitrogens is 2. The highest BCUT2D eigenvalue weighted by molar-refractivity contribution is 7.89. The van der Waals surface area contributed by atoms with E-state index < -0.39 is 10.0 Å². The molecule has 1 fully saturated rings. The van der Waals surface area contributed by atoms with E-state index in [1.807, 2.05) is 6.92 Å². The molecule has 29 heavy (non-hydrogen) atoms. The highest BCUT2D eigenvalue weighted by Crippen LogP contribution is 2.26. The van der Waals surface area contributed by atoms with Gasteiger partial charge in [-0.05, 0) is 36.8 Å². The zero-order valence-corrected chi connectivity index (χ0v) is 17.5. The molecule has 1 aliphatic heterocycles. The molecule has 1 unspecified atom stereocenters. The lowest BCUT2D eigenvalue weighted by atomic mass is 10.1. The van der Waals surface area contributed by atoms with Crippen molar-refractivity contribution >= 4 is 26.7 Å². The van der Waals surface area contributed by atoms with Crippen LogP contribution in [0.3, 0.4) is 0 Å². The van der Waals surface area contributed by atoms with Gasteiger partial charge in [-0.2, -0.15) is 8.68 Å². The van der Waals surface area contributed by atoms with Crippen LogP contribution in [0.4, 0.5) is 9.52 Å². The van der Waals surface area contributed by atoms with E-state index in [4.69, 9.17) is 0 Å². The second-order valence-corrected chi connectivity index (χ2v) is 9.64. The number of hydrogen-bond donors (Lipinski definition) is 0. The summed E-state index contributed by atoms with van der Waals surface area (Å²) in [6, 6.07) is 14.7. The molecule has 9 heteroatoms. The van der Waals surface area contributed by atoms with Gasteiger partial charge in [0.05, 0.1) is 4.90 Å². The zero-order chi connectivity index (χ0) is 20.4. The molecule has 0 aliphatic carbocycles. The SMILES string of the molecule is CC1CN(c2nc(Cc3ccc(F)cc3)ns2)CCN1S(=O)(=O)c1ccccc1. The van der Waals surface area contributed by atoms with Crippen LogP contribution in [0.5, 0.6) is 0 Å². The van der Waals surface area contributed by atoms with E-state index in [1.165, 1.54) is 23.7 Å². The van der Waals surface area contributed by atoms with Crippen molar-refractivity contribution in [2.45, 2.75) is 24.3 Å². The summed E-state index contributed by atoms with van der Waals surface area (Å²) >= 11 is 1.31. The first kappa shape index (κ1) is 19.9. The zero-order valence-electron chi connectivity index (χ0n) is 15.9. The molecule has 0 saturated carbocycles. The molecule has 1 aliphatic rings. The largest absolute Gasteiger partial charge is 0.344 e. The van der Waals surface area contributed by atoms with Crippen molar-refractivity contribution in [2.24, 2.45) is 0 Å². The van der Waals surface area contributed by atoms with Crippen LogP contribution in [-0.4, -0.2) is 47.8 Å². The van der Waals surface area contributed by atoms with Gasteiger partial charge in [-0.15, -0.1) is 0 Å². The number of sulfonamides is 1. The molecule has 1 atom stereocenters. The monoisotopic (exact) mass is 432 g/mol. The van der Waals surface area contributed by atoms with E-state index in [-0.39, 0.29) is 11.9 Å². The lowest BCUT2D eigenvalue weighted by molar-refractivity contribution is 0.306. The molecule has 3 aromatic rings. The minimum Gasteiger partial charge on any atom is -0.344 e. The van der Waals surface area contributed by atoms with Crippen molar-refractivity contribution in [1.29, 1.82) is 0 Å². The Bertz CT molecular complexity index is 1070. The van der Waals surface area contributed by atoms with Gasteiger partial charge in [0.1, 0.15) is 11.6 Å². The number of halogens is 1. The van der Waals surface area contributed by atoms with Crippen LogP contribution in [0.2, 0.25) is 0 Å². The Morgan fingerprint density at radius 1 is 1.10 bits per heavy atom. The summed E-state index contributed by atoms with van der Waals surface area (Å²) in [7, 11) is -3.51. The lowest BCUT2D eigenvalue weighted by Crippen LogP contribution is -2.54. The number of nitrogens with zero attached hydrogens (tertiary/aromatic N) is 4. The van der Waals surface area contributed by atoms with Crippen LogP contribution in [0.1, 0.15) is 18.3 Å². The summed E-state index contributed by atoms with van der Waals surface area (Å²) in [5, 5.41) is 0.783. The van der Waals surface area contributed by atoms with Gasteiger partial charge >= 0.3 is 0 Å². The minimum atomic E-state index is -3.51. The van der Waals surface area contributed by atoms with Crippen LogP contribution in [0.15, 0.2) is 59.5 Å². The average Bonchev–Trinajstić information content (AvgIpc) is 3.19. The molecule has 0 amide bonds. The Hall–Kier alpha value is -2.36. The second-order valence-electron chi connectivity index (χ2n) is 7.02. The third kappa shape index (κ3) is 4.31. The van der Waals surface area contributed by atoms with E-state index in [1.54, 1.807) is 46.8 Å². The lowest BCUT2D eigenvalue weighted by Gasteiger charge is -2.38.